The third-order valence-corrected chi connectivity index (χ3v) is 3.25. The van der Waals surface area contributed by atoms with Gasteiger partial charge in [0.2, 0.25) is 0 Å². The first kappa shape index (κ1) is 13.7. The van der Waals surface area contributed by atoms with Crippen LogP contribution in [0.2, 0.25) is 0 Å². The molecule has 104 valence electrons. The molecular weight excluding hydrogens is 240 g/mol. The van der Waals surface area contributed by atoms with Gasteiger partial charge >= 0.3 is 6.03 Å². The zero-order valence-electron chi connectivity index (χ0n) is 11.7. The van der Waals surface area contributed by atoms with Crippen molar-refractivity contribution in [2.75, 3.05) is 19.7 Å². The molecule has 0 unspecified atom stereocenters. The fourth-order valence-electron chi connectivity index (χ4n) is 2.19. The summed E-state index contributed by atoms with van der Waals surface area (Å²) in [5.74, 6) is 0.849. The van der Waals surface area contributed by atoms with Crippen LogP contribution in [0.15, 0.2) is 24.3 Å². The molecule has 1 aromatic rings. The quantitative estimate of drug-likeness (QED) is 0.906. The van der Waals surface area contributed by atoms with Gasteiger partial charge in [-0.3, -0.25) is 0 Å². The number of rotatable bonds is 4. The number of nitrogens with zero attached hydrogens (tertiary/aromatic N) is 1. The van der Waals surface area contributed by atoms with Crippen molar-refractivity contribution in [2.45, 2.75) is 32.7 Å². The number of nitrogens with one attached hydrogen (secondary N) is 1. The number of urea groups is 1. The second-order valence-corrected chi connectivity index (χ2v) is 5.17. The van der Waals surface area contributed by atoms with Gasteiger partial charge in [0, 0.05) is 13.1 Å². The first-order valence-corrected chi connectivity index (χ1v) is 6.90. The predicted octanol–water partition coefficient (Wildman–Crippen LogP) is 2.57. The van der Waals surface area contributed by atoms with Gasteiger partial charge in [-0.15, -0.1) is 0 Å². The summed E-state index contributed by atoms with van der Waals surface area (Å²) in [5.41, 5.74) is 1.17. The van der Waals surface area contributed by atoms with Crippen LogP contribution in [-0.4, -0.2) is 36.7 Å². The summed E-state index contributed by atoms with van der Waals surface area (Å²) >= 11 is 0. The Morgan fingerprint density at radius 1 is 1.42 bits per heavy atom. The minimum Gasteiger partial charge on any atom is -0.491 e. The van der Waals surface area contributed by atoms with Gasteiger partial charge in [0.1, 0.15) is 12.4 Å². The van der Waals surface area contributed by atoms with Gasteiger partial charge in [-0.05, 0) is 44.4 Å². The highest BCUT2D eigenvalue weighted by molar-refractivity contribution is 5.74. The first-order valence-electron chi connectivity index (χ1n) is 6.90. The van der Waals surface area contributed by atoms with E-state index in [0.717, 1.165) is 31.7 Å². The van der Waals surface area contributed by atoms with Gasteiger partial charge in [-0.1, -0.05) is 12.1 Å². The summed E-state index contributed by atoms with van der Waals surface area (Å²) in [5, 5.41) is 2.97. The lowest BCUT2D eigenvalue weighted by atomic mass is 10.2. The van der Waals surface area contributed by atoms with Gasteiger partial charge in [-0.2, -0.15) is 0 Å². The van der Waals surface area contributed by atoms with E-state index in [-0.39, 0.29) is 12.1 Å². The summed E-state index contributed by atoms with van der Waals surface area (Å²) in [6.45, 7) is 6.23. The Kier molecular flexibility index (Phi) is 4.66. The van der Waals surface area contributed by atoms with Crippen LogP contribution < -0.4 is 10.1 Å². The molecule has 1 saturated heterocycles. The lowest BCUT2D eigenvalue weighted by Gasteiger charge is -2.20. The highest BCUT2D eigenvalue weighted by Crippen LogP contribution is 2.12. The zero-order valence-corrected chi connectivity index (χ0v) is 11.7. The predicted molar refractivity (Wildman–Crippen MR) is 75.5 cm³/mol. The Morgan fingerprint density at radius 2 is 2.16 bits per heavy atom. The number of aryl methyl sites for hydroxylation is 1. The largest absolute Gasteiger partial charge is 0.491 e. The molecule has 1 aromatic carbocycles. The van der Waals surface area contributed by atoms with Gasteiger partial charge < -0.3 is 15.0 Å². The van der Waals surface area contributed by atoms with Crippen molar-refractivity contribution in [2.24, 2.45) is 0 Å². The minimum absolute atomic E-state index is 0.00797. The Labute approximate surface area is 114 Å². The second-order valence-electron chi connectivity index (χ2n) is 5.17. The molecule has 1 aliphatic heterocycles. The van der Waals surface area contributed by atoms with Crippen LogP contribution >= 0.6 is 0 Å². The van der Waals surface area contributed by atoms with E-state index in [1.54, 1.807) is 0 Å². The number of carbonyl (C=O) groups is 1. The lowest BCUT2D eigenvalue weighted by molar-refractivity contribution is 0.197. The molecule has 1 N–H and O–H groups in total. The van der Waals surface area contributed by atoms with Crippen molar-refractivity contribution >= 4 is 6.03 Å². The number of carbonyl (C=O) groups excluding carboxylic acids is 1. The Morgan fingerprint density at radius 3 is 2.84 bits per heavy atom. The molecule has 1 atom stereocenters. The van der Waals surface area contributed by atoms with Crippen molar-refractivity contribution in [1.29, 1.82) is 0 Å². The van der Waals surface area contributed by atoms with Gasteiger partial charge in [0.15, 0.2) is 0 Å². The number of likely N-dealkylation sites (tertiary alicyclic amines) is 1. The van der Waals surface area contributed by atoms with Gasteiger partial charge in [0.05, 0.1) is 6.04 Å². The van der Waals surface area contributed by atoms with E-state index in [4.69, 9.17) is 4.74 Å². The van der Waals surface area contributed by atoms with Crippen LogP contribution in [0.25, 0.3) is 0 Å². The van der Waals surface area contributed by atoms with Crippen LogP contribution in [0.5, 0.6) is 5.75 Å². The van der Waals surface area contributed by atoms with Crippen molar-refractivity contribution in [3.8, 4) is 5.75 Å². The molecule has 0 aliphatic carbocycles. The molecule has 1 heterocycles. The molecule has 0 aromatic heterocycles. The molecule has 19 heavy (non-hydrogen) atoms. The third-order valence-electron chi connectivity index (χ3n) is 3.25. The summed E-state index contributed by atoms with van der Waals surface area (Å²) in [7, 11) is 0. The van der Waals surface area contributed by atoms with E-state index in [9.17, 15) is 4.79 Å². The van der Waals surface area contributed by atoms with Crippen molar-refractivity contribution < 1.29 is 9.53 Å². The highest BCUT2D eigenvalue weighted by Gasteiger charge is 2.19. The Balaban J connectivity index is 1.75. The van der Waals surface area contributed by atoms with Crippen LogP contribution in [0, 0.1) is 6.92 Å². The topological polar surface area (TPSA) is 41.6 Å². The van der Waals surface area contributed by atoms with Crippen LogP contribution in [-0.2, 0) is 0 Å². The highest BCUT2D eigenvalue weighted by atomic mass is 16.5. The van der Waals surface area contributed by atoms with Gasteiger partial charge in [-0.25, -0.2) is 4.79 Å². The molecule has 0 spiro atoms. The third kappa shape index (κ3) is 4.16. The summed E-state index contributed by atoms with van der Waals surface area (Å²) in [6, 6.07) is 7.96. The van der Waals surface area contributed by atoms with E-state index in [1.807, 2.05) is 43.0 Å². The smallest absolute Gasteiger partial charge is 0.317 e. The van der Waals surface area contributed by atoms with Crippen molar-refractivity contribution in [1.82, 2.24) is 10.2 Å². The van der Waals surface area contributed by atoms with E-state index >= 15 is 0 Å². The molecule has 1 aliphatic rings. The maximum absolute atomic E-state index is 11.9. The molecular formula is C15H22N2O2. The second kappa shape index (κ2) is 6.45. The monoisotopic (exact) mass is 262 g/mol. The maximum Gasteiger partial charge on any atom is 0.317 e. The molecule has 0 bridgehead atoms. The van der Waals surface area contributed by atoms with E-state index < -0.39 is 0 Å². The zero-order chi connectivity index (χ0) is 13.7. The molecule has 2 rings (SSSR count). The number of hydrogen-bond acceptors (Lipinski definition) is 2. The Hall–Kier alpha value is -1.71. The summed E-state index contributed by atoms with van der Waals surface area (Å²) in [4.78, 5) is 13.7. The van der Waals surface area contributed by atoms with Crippen LogP contribution in [0.4, 0.5) is 4.79 Å². The van der Waals surface area contributed by atoms with E-state index in [2.05, 4.69) is 5.32 Å². The van der Waals surface area contributed by atoms with Gasteiger partial charge in [0.25, 0.3) is 0 Å². The van der Waals surface area contributed by atoms with E-state index in [1.165, 1.54) is 5.56 Å². The summed E-state index contributed by atoms with van der Waals surface area (Å²) < 4.78 is 5.68. The molecule has 4 heteroatoms. The Bertz CT molecular complexity index is 428. The molecule has 1 fully saturated rings. The maximum atomic E-state index is 11.9. The number of ether oxygens (including phenoxy) is 1. The number of benzene rings is 1. The SMILES string of the molecule is Cc1cccc(OC[C@@H](C)NC(=O)N2CCCC2)c1. The average molecular weight is 262 g/mol. The number of hydrogen-bond donors (Lipinski definition) is 1. The number of amides is 2. The molecule has 0 saturated carbocycles. The molecule has 0 radical (unpaired) electrons. The fourth-order valence-corrected chi connectivity index (χ4v) is 2.19. The summed E-state index contributed by atoms with van der Waals surface area (Å²) in [6.07, 6.45) is 2.23. The standard InChI is InChI=1S/C15H22N2O2/c1-12-6-5-7-14(10-12)19-11-13(2)16-15(18)17-8-3-4-9-17/h5-7,10,13H,3-4,8-9,11H2,1-2H3,(H,16,18)/t13-/m1/s1. The normalized spacial score (nSPS) is 16.2. The minimum atomic E-state index is 0.00797. The van der Waals surface area contributed by atoms with Crippen LogP contribution in [0.3, 0.4) is 0 Å². The molecule has 4 nitrogen and oxygen atoms in total. The average Bonchev–Trinajstić information content (AvgIpc) is 2.90. The van der Waals surface area contributed by atoms with E-state index in [0.29, 0.717) is 6.61 Å². The molecule has 2 amide bonds. The fraction of sp³-hybridized carbons (Fsp3) is 0.533. The van der Waals surface area contributed by atoms with Crippen molar-refractivity contribution in [3.05, 3.63) is 29.8 Å². The van der Waals surface area contributed by atoms with Crippen LogP contribution in [0.1, 0.15) is 25.3 Å². The van der Waals surface area contributed by atoms with Crippen molar-refractivity contribution in [3.63, 3.8) is 0 Å². The first-order chi connectivity index (χ1) is 9.15. The lowest BCUT2D eigenvalue weighted by Crippen LogP contribution is -2.44.